The smallest absolute Gasteiger partial charge is 0.234 e. The van der Waals surface area contributed by atoms with Crippen molar-refractivity contribution in [2.45, 2.75) is 11.8 Å². The quantitative estimate of drug-likeness (QED) is 0.850. The minimum Gasteiger partial charge on any atom is -0.397 e. The van der Waals surface area contributed by atoms with Crippen molar-refractivity contribution in [1.82, 2.24) is 4.98 Å². The maximum Gasteiger partial charge on any atom is 0.234 e. The summed E-state index contributed by atoms with van der Waals surface area (Å²) in [4.78, 5) is 16.6. The normalized spacial score (nSPS) is 10.3. The Labute approximate surface area is 126 Å². The van der Waals surface area contributed by atoms with Crippen LogP contribution >= 0.6 is 23.4 Å². The van der Waals surface area contributed by atoms with E-state index in [1.54, 1.807) is 24.5 Å². The van der Waals surface area contributed by atoms with Crippen molar-refractivity contribution < 1.29 is 4.79 Å². The zero-order valence-corrected chi connectivity index (χ0v) is 12.5. The van der Waals surface area contributed by atoms with Crippen LogP contribution in [0.5, 0.6) is 0 Å². The molecule has 1 aromatic heterocycles. The van der Waals surface area contributed by atoms with Crippen molar-refractivity contribution in [2.75, 3.05) is 16.8 Å². The van der Waals surface area contributed by atoms with Crippen LogP contribution in [0.25, 0.3) is 0 Å². The summed E-state index contributed by atoms with van der Waals surface area (Å²) in [5, 5.41) is 3.43. The van der Waals surface area contributed by atoms with E-state index in [2.05, 4.69) is 10.3 Å². The summed E-state index contributed by atoms with van der Waals surface area (Å²) in [6, 6.07) is 7.22. The van der Waals surface area contributed by atoms with Gasteiger partial charge in [-0.2, -0.15) is 0 Å². The maximum absolute atomic E-state index is 11.9. The summed E-state index contributed by atoms with van der Waals surface area (Å²) < 4.78 is 0. The lowest BCUT2D eigenvalue weighted by Crippen LogP contribution is -2.14. The first-order valence-corrected chi connectivity index (χ1v) is 7.31. The fourth-order valence-electron chi connectivity index (χ4n) is 1.54. The molecule has 104 valence electrons. The number of hydrogen-bond donors (Lipinski definition) is 2. The minimum atomic E-state index is -0.105. The number of carbonyl (C=O) groups excluding carboxylic acids is 1. The van der Waals surface area contributed by atoms with Gasteiger partial charge >= 0.3 is 0 Å². The van der Waals surface area contributed by atoms with Gasteiger partial charge in [0.05, 0.1) is 17.6 Å². The van der Waals surface area contributed by atoms with Gasteiger partial charge in [-0.05, 0) is 30.7 Å². The van der Waals surface area contributed by atoms with Crippen LogP contribution in [0.4, 0.5) is 11.4 Å². The maximum atomic E-state index is 11.9. The molecule has 0 unspecified atom stereocenters. The summed E-state index contributed by atoms with van der Waals surface area (Å²) in [6.07, 6.45) is 3.22. The zero-order chi connectivity index (χ0) is 14.5. The lowest BCUT2D eigenvalue weighted by atomic mass is 10.2. The molecule has 1 aromatic carbocycles. The summed E-state index contributed by atoms with van der Waals surface area (Å²) in [7, 11) is 0. The first kappa shape index (κ1) is 14.7. The molecule has 0 saturated heterocycles. The van der Waals surface area contributed by atoms with Gasteiger partial charge in [-0.1, -0.05) is 17.7 Å². The Hall–Kier alpha value is -1.72. The van der Waals surface area contributed by atoms with E-state index in [-0.39, 0.29) is 11.7 Å². The SMILES string of the molecule is Cc1ccc(NC(=O)CSc2ccncc2N)cc1Cl. The number of rotatable bonds is 4. The number of thioether (sulfide) groups is 1. The highest BCUT2D eigenvalue weighted by atomic mass is 35.5. The molecule has 0 radical (unpaired) electrons. The Morgan fingerprint density at radius 2 is 2.25 bits per heavy atom. The van der Waals surface area contributed by atoms with Crippen molar-refractivity contribution in [3.63, 3.8) is 0 Å². The number of aromatic nitrogens is 1. The van der Waals surface area contributed by atoms with Gasteiger partial charge < -0.3 is 11.1 Å². The number of hydrogen-bond acceptors (Lipinski definition) is 4. The topological polar surface area (TPSA) is 68.0 Å². The highest BCUT2D eigenvalue weighted by Gasteiger charge is 2.06. The molecule has 0 aliphatic heterocycles. The second-order valence-electron chi connectivity index (χ2n) is 4.21. The first-order valence-electron chi connectivity index (χ1n) is 5.94. The number of carbonyl (C=O) groups is 1. The number of nitrogen functional groups attached to an aromatic ring is 1. The number of amides is 1. The predicted molar refractivity (Wildman–Crippen MR) is 84.2 cm³/mol. The van der Waals surface area contributed by atoms with E-state index in [0.717, 1.165) is 10.5 Å². The monoisotopic (exact) mass is 307 g/mol. The van der Waals surface area contributed by atoms with Crippen molar-refractivity contribution >= 4 is 40.6 Å². The van der Waals surface area contributed by atoms with Crippen LogP contribution in [-0.4, -0.2) is 16.6 Å². The Morgan fingerprint density at radius 1 is 1.45 bits per heavy atom. The van der Waals surface area contributed by atoms with Crippen LogP contribution < -0.4 is 11.1 Å². The third-order valence-corrected chi connectivity index (χ3v) is 4.12. The van der Waals surface area contributed by atoms with Gasteiger partial charge in [0.2, 0.25) is 5.91 Å². The number of nitrogens with zero attached hydrogens (tertiary/aromatic N) is 1. The fourth-order valence-corrected chi connectivity index (χ4v) is 2.45. The third kappa shape index (κ3) is 3.88. The number of nitrogens with two attached hydrogens (primary N) is 1. The van der Waals surface area contributed by atoms with E-state index in [4.69, 9.17) is 17.3 Å². The number of pyridine rings is 1. The second kappa shape index (κ2) is 6.63. The summed E-state index contributed by atoms with van der Waals surface area (Å²) in [5.74, 6) is 0.172. The molecule has 0 aliphatic rings. The lowest BCUT2D eigenvalue weighted by molar-refractivity contribution is -0.113. The summed E-state index contributed by atoms with van der Waals surface area (Å²) in [6.45, 7) is 1.91. The summed E-state index contributed by atoms with van der Waals surface area (Å²) >= 11 is 7.38. The molecule has 6 heteroatoms. The van der Waals surface area contributed by atoms with Crippen LogP contribution in [0.2, 0.25) is 5.02 Å². The fraction of sp³-hybridized carbons (Fsp3) is 0.143. The molecule has 0 saturated carbocycles. The van der Waals surface area contributed by atoms with Crippen LogP contribution in [-0.2, 0) is 4.79 Å². The molecule has 0 atom stereocenters. The number of anilines is 2. The summed E-state index contributed by atoms with van der Waals surface area (Å²) in [5.41, 5.74) is 8.00. The Morgan fingerprint density at radius 3 is 2.95 bits per heavy atom. The molecule has 1 heterocycles. The van der Waals surface area contributed by atoms with E-state index < -0.39 is 0 Å². The van der Waals surface area contributed by atoms with Crippen molar-refractivity contribution in [3.8, 4) is 0 Å². The zero-order valence-electron chi connectivity index (χ0n) is 10.9. The number of aryl methyl sites for hydroxylation is 1. The van der Waals surface area contributed by atoms with Gasteiger partial charge in [0, 0.05) is 21.8 Å². The molecular formula is C14H14ClN3OS. The van der Waals surface area contributed by atoms with E-state index >= 15 is 0 Å². The van der Waals surface area contributed by atoms with Crippen molar-refractivity contribution in [3.05, 3.63) is 47.2 Å². The van der Waals surface area contributed by atoms with Crippen LogP contribution in [0.1, 0.15) is 5.56 Å². The largest absolute Gasteiger partial charge is 0.397 e. The van der Waals surface area contributed by atoms with Crippen LogP contribution in [0.3, 0.4) is 0 Å². The number of nitrogens with one attached hydrogen (secondary N) is 1. The molecule has 0 bridgehead atoms. The van der Waals surface area contributed by atoms with Gasteiger partial charge in [0.15, 0.2) is 0 Å². The van der Waals surface area contributed by atoms with E-state index in [1.165, 1.54) is 11.8 Å². The molecule has 0 fully saturated rings. The average Bonchev–Trinajstić information content (AvgIpc) is 2.42. The van der Waals surface area contributed by atoms with Crippen molar-refractivity contribution in [2.24, 2.45) is 0 Å². The molecule has 1 amide bonds. The Bertz CT molecular complexity index is 634. The molecule has 2 rings (SSSR count). The van der Waals surface area contributed by atoms with Gasteiger partial charge in [0.1, 0.15) is 0 Å². The molecule has 0 aliphatic carbocycles. The van der Waals surface area contributed by atoms with E-state index in [9.17, 15) is 4.79 Å². The first-order chi connectivity index (χ1) is 9.56. The number of halogens is 1. The highest BCUT2D eigenvalue weighted by Crippen LogP contribution is 2.24. The van der Waals surface area contributed by atoms with Gasteiger partial charge in [0.25, 0.3) is 0 Å². The van der Waals surface area contributed by atoms with Crippen LogP contribution in [0.15, 0.2) is 41.6 Å². The van der Waals surface area contributed by atoms with E-state index in [0.29, 0.717) is 16.4 Å². The second-order valence-corrected chi connectivity index (χ2v) is 5.64. The Balaban J connectivity index is 1.93. The van der Waals surface area contributed by atoms with E-state index in [1.807, 2.05) is 19.1 Å². The molecule has 2 aromatic rings. The van der Waals surface area contributed by atoms with Gasteiger partial charge in [-0.3, -0.25) is 9.78 Å². The molecule has 3 N–H and O–H groups in total. The van der Waals surface area contributed by atoms with Crippen LogP contribution in [0, 0.1) is 6.92 Å². The van der Waals surface area contributed by atoms with Gasteiger partial charge in [-0.15, -0.1) is 11.8 Å². The lowest BCUT2D eigenvalue weighted by Gasteiger charge is -2.07. The molecule has 4 nitrogen and oxygen atoms in total. The molecule has 20 heavy (non-hydrogen) atoms. The van der Waals surface area contributed by atoms with Gasteiger partial charge in [-0.25, -0.2) is 0 Å². The predicted octanol–water partition coefficient (Wildman–Crippen LogP) is 3.36. The molecular weight excluding hydrogens is 294 g/mol. The van der Waals surface area contributed by atoms with Crippen molar-refractivity contribution in [1.29, 1.82) is 0 Å². The standard InChI is InChI=1S/C14H14ClN3OS/c1-9-2-3-10(6-11(9)15)18-14(19)8-20-13-4-5-17-7-12(13)16/h2-7H,8,16H2,1H3,(H,18,19). The Kier molecular flexibility index (Phi) is 4.87. The minimum absolute atomic E-state index is 0.105. The number of benzene rings is 1. The molecule has 0 spiro atoms. The highest BCUT2D eigenvalue weighted by molar-refractivity contribution is 8.00. The average molecular weight is 308 g/mol. The third-order valence-electron chi connectivity index (χ3n) is 2.62.